The van der Waals surface area contributed by atoms with E-state index in [4.69, 9.17) is 11.6 Å². The van der Waals surface area contributed by atoms with Crippen molar-refractivity contribution in [2.75, 3.05) is 18.4 Å². The maximum Gasteiger partial charge on any atom is 0.408 e. The molecule has 1 aromatic heterocycles. The number of dihydropyridines is 1. The maximum atomic E-state index is 13.1. The zero-order valence-electron chi connectivity index (χ0n) is 16.4. The van der Waals surface area contributed by atoms with Crippen LogP contribution in [0.15, 0.2) is 47.0 Å². The van der Waals surface area contributed by atoms with Gasteiger partial charge in [0.05, 0.1) is 16.8 Å². The van der Waals surface area contributed by atoms with E-state index < -0.39 is 30.2 Å². The van der Waals surface area contributed by atoms with Crippen molar-refractivity contribution in [1.29, 1.82) is 0 Å². The Labute approximate surface area is 181 Å². The van der Waals surface area contributed by atoms with Crippen molar-refractivity contribution in [1.82, 2.24) is 25.4 Å². The van der Waals surface area contributed by atoms with Gasteiger partial charge in [-0.3, -0.25) is 15.0 Å². The van der Waals surface area contributed by atoms with E-state index in [1.165, 1.54) is 17.2 Å². The molecule has 4 heterocycles. The molecule has 0 saturated carbocycles. The number of aromatic nitrogens is 1. The molecular formula is C19H20ClF3N6O2. The van der Waals surface area contributed by atoms with Gasteiger partial charge in [0.15, 0.2) is 0 Å². The molecule has 1 fully saturated rings. The summed E-state index contributed by atoms with van der Waals surface area (Å²) in [5, 5.41) is 7.56. The Balaban J connectivity index is 1.58. The summed E-state index contributed by atoms with van der Waals surface area (Å²) in [5.41, 5.74) is 0.614. The fourth-order valence-electron chi connectivity index (χ4n) is 3.79. The van der Waals surface area contributed by atoms with E-state index >= 15 is 0 Å². The first kappa shape index (κ1) is 21.3. The minimum atomic E-state index is -4.59. The summed E-state index contributed by atoms with van der Waals surface area (Å²) in [6.45, 7) is 2.11. The number of urea groups is 1. The monoisotopic (exact) mass is 456 g/mol. The van der Waals surface area contributed by atoms with E-state index in [2.05, 4.69) is 15.6 Å². The van der Waals surface area contributed by atoms with Crippen molar-refractivity contribution < 1.29 is 22.8 Å². The van der Waals surface area contributed by atoms with Crippen LogP contribution in [0.25, 0.3) is 0 Å². The molecule has 0 aromatic carbocycles. The van der Waals surface area contributed by atoms with Gasteiger partial charge < -0.3 is 15.5 Å². The number of halogens is 4. The molecule has 8 nitrogen and oxygen atoms in total. The largest absolute Gasteiger partial charge is 0.408 e. The first-order chi connectivity index (χ1) is 14.6. The van der Waals surface area contributed by atoms with E-state index in [1.807, 2.05) is 10.2 Å². The normalized spacial score (nSPS) is 23.6. The number of carbonyl (C=O) groups is 2. The minimum Gasteiger partial charge on any atom is -0.366 e. The van der Waals surface area contributed by atoms with Gasteiger partial charge >= 0.3 is 12.2 Å². The molecule has 3 amide bonds. The summed E-state index contributed by atoms with van der Waals surface area (Å²) in [6, 6.07) is 1.15. The van der Waals surface area contributed by atoms with E-state index in [-0.39, 0.29) is 11.1 Å². The predicted molar refractivity (Wildman–Crippen MR) is 107 cm³/mol. The number of allylic oxidation sites excluding steroid dienone is 1. The Morgan fingerprint density at radius 2 is 2.13 bits per heavy atom. The molecule has 1 unspecified atom stereocenters. The lowest BCUT2D eigenvalue weighted by Gasteiger charge is -2.41. The van der Waals surface area contributed by atoms with Gasteiger partial charge in [0, 0.05) is 19.3 Å². The zero-order chi connectivity index (χ0) is 22.3. The summed E-state index contributed by atoms with van der Waals surface area (Å²) in [7, 11) is 0. The number of nitrogens with one attached hydrogen (secondary N) is 3. The third-order valence-electron chi connectivity index (χ3n) is 5.41. The summed E-state index contributed by atoms with van der Waals surface area (Å²) < 4.78 is 38.6. The topological polar surface area (TPSA) is 89.6 Å². The third-order valence-corrected chi connectivity index (χ3v) is 5.74. The zero-order valence-corrected chi connectivity index (χ0v) is 17.2. The van der Waals surface area contributed by atoms with Crippen LogP contribution < -0.4 is 16.0 Å². The fraction of sp³-hybridized carbons (Fsp3) is 0.421. The molecule has 3 N–H and O–H groups in total. The maximum absolute atomic E-state index is 13.1. The lowest BCUT2D eigenvalue weighted by Crippen LogP contribution is -2.58. The molecular weight excluding hydrogens is 437 g/mol. The van der Waals surface area contributed by atoms with Crippen molar-refractivity contribution >= 4 is 29.4 Å². The highest BCUT2D eigenvalue weighted by Crippen LogP contribution is 2.36. The molecule has 0 spiro atoms. The van der Waals surface area contributed by atoms with Crippen LogP contribution in [0.2, 0.25) is 0 Å². The molecule has 3 atom stereocenters. The Bertz CT molecular complexity index is 952. The molecule has 1 saturated heterocycles. The molecule has 1 aromatic rings. The van der Waals surface area contributed by atoms with Gasteiger partial charge in [0.1, 0.15) is 23.7 Å². The molecule has 2 bridgehead atoms. The first-order valence-electron chi connectivity index (χ1n) is 9.66. The molecule has 0 aliphatic carbocycles. The van der Waals surface area contributed by atoms with Crippen LogP contribution in [0.4, 0.5) is 23.8 Å². The third kappa shape index (κ3) is 4.14. The number of carbonyl (C=O) groups excluding carboxylic acids is 2. The van der Waals surface area contributed by atoms with Gasteiger partial charge in [-0.05, 0) is 31.6 Å². The molecule has 3 aliphatic rings. The number of pyridine rings is 1. The van der Waals surface area contributed by atoms with Gasteiger partial charge in [-0.15, -0.1) is 0 Å². The number of fused-ring (bicyclic) bond motifs is 3. The van der Waals surface area contributed by atoms with Crippen molar-refractivity contribution in [3.63, 3.8) is 0 Å². The van der Waals surface area contributed by atoms with E-state index in [0.29, 0.717) is 36.8 Å². The lowest BCUT2D eigenvalue weighted by molar-refractivity contribution is -0.158. The smallest absolute Gasteiger partial charge is 0.366 e. The summed E-state index contributed by atoms with van der Waals surface area (Å²) in [5.74, 6) is -0.255. The van der Waals surface area contributed by atoms with Gasteiger partial charge in [-0.1, -0.05) is 17.7 Å². The van der Waals surface area contributed by atoms with Crippen LogP contribution in [0.3, 0.4) is 0 Å². The number of hydrogen-bond donors (Lipinski definition) is 3. The second-order valence-corrected chi connectivity index (χ2v) is 7.95. The Hall–Kier alpha value is -2.95. The molecule has 0 radical (unpaired) electrons. The van der Waals surface area contributed by atoms with Crippen molar-refractivity contribution in [2.45, 2.75) is 37.6 Å². The first-order valence-corrected chi connectivity index (χ1v) is 10.0. The Morgan fingerprint density at radius 3 is 2.81 bits per heavy atom. The molecule has 166 valence electrons. The predicted octanol–water partition coefficient (Wildman–Crippen LogP) is 2.33. The highest BCUT2D eigenvalue weighted by Gasteiger charge is 2.45. The number of nitrogens with zero attached hydrogens (tertiary/aromatic N) is 3. The summed E-state index contributed by atoms with van der Waals surface area (Å²) >= 11 is 6.25. The van der Waals surface area contributed by atoms with Crippen LogP contribution in [-0.2, 0) is 4.79 Å². The second kappa shape index (κ2) is 7.95. The summed E-state index contributed by atoms with van der Waals surface area (Å²) in [6.07, 6.45) is -0.831. The average Bonchev–Trinajstić information content (AvgIpc) is 3.13. The van der Waals surface area contributed by atoms with Crippen molar-refractivity contribution in [2.24, 2.45) is 0 Å². The average molecular weight is 457 g/mol. The SMILES string of the molecule is C[C@@H](NC(=O)C1NC2=C(C=C1Cl)N1CC[C@@H](C1)N2C(=O)Nc1ccccn1)C(F)(F)F. The fourth-order valence-corrected chi connectivity index (χ4v) is 4.05. The minimum absolute atomic E-state index is 0.0426. The summed E-state index contributed by atoms with van der Waals surface area (Å²) in [4.78, 5) is 33.2. The van der Waals surface area contributed by atoms with E-state index in [9.17, 15) is 22.8 Å². The second-order valence-electron chi connectivity index (χ2n) is 7.52. The van der Waals surface area contributed by atoms with Crippen LogP contribution in [0.1, 0.15) is 13.3 Å². The molecule has 4 rings (SSSR count). The number of rotatable bonds is 3. The van der Waals surface area contributed by atoms with E-state index in [0.717, 1.165) is 6.92 Å². The highest BCUT2D eigenvalue weighted by molar-refractivity contribution is 6.32. The van der Waals surface area contributed by atoms with Crippen molar-refractivity contribution in [3.8, 4) is 0 Å². The van der Waals surface area contributed by atoms with Gasteiger partial charge in [0.25, 0.3) is 0 Å². The lowest BCUT2D eigenvalue weighted by atomic mass is 10.1. The van der Waals surface area contributed by atoms with Crippen LogP contribution in [0, 0.1) is 0 Å². The number of amides is 3. The number of hydrogen-bond acceptors (Lipinski definition) is 5. The number of anilines is 1. The quantitative estimate of drug-likeness (QED) is 0.649. The van der Waals surface area contributed by atoms with Crippen LogP contribution >= 0.6 is 11.6 Å². The standard InChI is InChI=1S/C19H20ClF3N6O2/c1-10(19(21,22)23)25-17(30)15-12(20)8-13-16(27-15)29(11-5-7-28(13)9-11)18(31)26-14-4-2-3-6-24-14/h2-4,6,8,10-11,15,27H,5,7,9H2,1H3,(H,25,30)(H,24,26,31)/t10-,11+,15?/m1/s1. The molecule has 3 aliphatic heterocycles. The van der Waals surface area contributed by atoms with Gasteiger partial charge in [0.2, 0.25) is 5.91 Å². The molecule has 31 heavy (non-hydrogen) atoms. The van der Waals surface area contributed by atoms with Gasteiger partial charge in [-0.25, -0.2) is 9.78 Å². The van der Waals surface area contributed by atoms with E-state index in [1.54, 1.807) is 18.2 Å². The Kier molecular flexibility index (Phi) is 5.46. The number of alkyl halides is 3. The van der Waals surface area contributed by atoms with Crippen molar-refractivity contribution in [3.05, 3.63) is 47.0 Å². The Morgan fingerprint density at radius 1 is 1.35 bits per heavy atom. The van der Waals surface area contributed by atoms with Crippen LogP contribution in [-0.4, -0.2) is 64.1 Å². The van der Waals surface area contributed by atoms with Gasteiger partial charge in [-0.2, -0.15) is 13.2 Å². The molecule has 12 heteroatoms. The van der Waals surface area contributed by atoms with Crippen LogP contribution in [0.5, 0.6) is 0 Å². The highest BCUT2D eigenvalue weighted by atomic mass is 35.5.